The van der Waals surface area contributed by atoms with Gasteiger partial charge in [-0.3, -0.25) is 4.90 Å². The number of aromatic nitrogens is 1. The first-order valence-corrected chi connectivity index (χ1v) is 7.46. The molecule has 0 unspecified atom stereocenters. The maximum absolute atomic E-state index is 9.70. The number of H-pyrrole nitrogens is 1. The Morgan fingerprint density at radius 3 is 2.62 bits per heavy atom. The van der Waals surface area contributed by atoms with Gasteiger partial charge in [0.25, 0.3) is 5.82 Å². The number of morpholine rings is 1. The molecule has 112 valence electrons. The zero-order valence-electron chi connectivity index (χ0n) is 13.0. The Morgan fingerprint density at radius 1 is 1.24 bits per heavy atom. The minimum absolute atomic E-state index is 0.214. The highest BCUT2D eigenvalue weighted by atomic mass is 16.5. The number of hydrogen-bond acceptors (Lipinski definition) is 4. The molecule has 5 nitrogen and oxygen atoms in total. The number of fused-ring (bicyclic) bond motifs is 1. The van der Waals surface area contributed by atoms with Crippen molar-refractivity contribution in [3.8, 4) is 6.07 Å². The van der Waals surface area contributed by atoms with Crippen LogP contribution in [0.1, 0.15) is 36.2 Å². The van der Waals surface area contributed by atoms with Crippen LogP contribution in [0.3, 0.4) is 0 Å². The number of nitrogens with one attached hydrogen (secondary N) is 1. The van der Waals surface area contributed by atoms with Crippen LogP contribution in [-0.4, -0.2) is 31.9 Å². The van der Waals surface area contributed by atoms with Gasteiger partial charge in [0, 0.05) is 12.0 Å². The molecule has 0 aliphatic carbocycles. The SMILES string of the molecule is Cc1[nH+]c(N2CCOCC2)c(C#N)c2c1COC(C)(C)C2. The Morgan fingerprint density at radius 2 is 1.95 bits per heavy atom. The summed E-state index contributed by atoms with van der Waals surface area (Å²) in [6.45, 7) is 9.86. The number of pyridine rings is 1. The first-order valence-electron chi connectivity index (χ1n) is 7.46. The lowest BCUT2D eigenvalue weighted by Gasteiger charge is -2.33. The molecular weight excluding hydrogens is 266 g/mol. The van der Waals surface area contributed by atoms with E-state index in [4.69, 9.17) is 9.47 Å². The van der Waals surface area contributed by atoms with Crippen molar-refractivity contribution in [3.05, 3.63) is 22.4 Å². The number of ether oxygens (including phenoxy) is 2. The molecule has 3 heterocycles. The zero-order chi connectivity index (χ0) is 15.0. The summed E-state index contributed by atoms with van der Waals surface area (Å²) >= 11 is 0. The molecule has 3 rings (SSSR count). The molecular formula is C16H22N3O2+. The summed E-state index contributed by atoms with van der Waals surface area (Å²) in [4.78, 5) is 5.64. The van der Waals surface area contributed by atoms with Crippen molar-refractivity contribution in [2.75, 3.05) is 31.2 Å². The van der Waals surface area contributed by atoms with Gasteiger partial charge in [0.1, 0.15) is 30.4 Å². The topological polar surface area (TPSA) is 59.6 Å². The van der Waals surface area contributed by atoms with Gasteiger partial charge in [0.05, 0.1) is 25.4 Å². The summed E-state index contributed by atoms with van der Waals surface area (Å²) in [7, 11) is 0. The molecule has 1 aromatic heterocycles. The molecule has 0 saturated carbocycles. The molecule has 0 spiro atoms. The van der Waals surface area contributed by atoms with Gasteiger partial charge in [-0.05, 0) is 26.3 Å². The lowest BCUT2D eigenvalue weighted by Crippen LogP contribution is -2.42. The fourth-order valence-electron chi connectivity index (χ4n) is 3.11. The lowest BCUT2D eigenvalue weighted by molar-refractivity contribution is -0.376. The van der Waals surface area contributed by atoms with Crippen LogP contribution in [0.5, 0.6) is 0 Å². The second-order valence-electron chi connectivity index (χ2n) is 6.37. The average molecular weight is 288 g/mol. The highest BCUT2D eigenvalue weighted by Gasteiger charge is 2.34. The number of hydrogen-bond donors (Lipinski definition) is 0. The fraction of sp³-hybridized carbons (Fsp3) is 0.625. The quantitative estimate of drug-likeness (QED) is 0.783. The second-order valence-corrected chi connectivity index (χ2v) is 6.37. The molecule has 0 aromatic carbocycles. The summed E-state index contributed by atoms with van der Waals surface area (Å²) in [5.74, 6) is 0.940. The van der Waals surface area contributed by atoms with Gasteiger partial charge in [-0.25, -0.2) is 4.98 Å². The van der Waals surface area contributed by atoms with E-state index >= 15 is 0 Å². The molecule has 21 heavy (non-hydrogen) atoms. The van der Waals surface area contributed by atoms with Crippen LogP contribution < -0.4 is 9.88 Å². The number of aryl methyl sites for hydroxylation is 1. The second kappa shape index (κ2) is 5.28. The Bertz CT molecular complexity index is 599. The van der Waals surface area contributed by atoms with Crippen molar-refractivity contribution < 1.29 is 14.5 Å². The third kappa shape index (κ3) is 2.61. The van der Waals surface area contributed by atoms with Crippen LogP contribution in [0.4, 0.5) is 5.82 Å². The third-order valence-corrected chi connectivity index (χ3v) is 4.31. The fourth-order valence-corrected chi connectivity index (χ4v) is 3.11. The predicted molar refractivity (Wildman–Crippen MR) is 78.1 cm³/mol. The summed E-state index contributed by atoms with van der Waals surface area (Å²) < 4.78 is 11.3. The van der Waals surface area contributed by atoms with E-state index in [1.54, 1.807) is 0 Å². The number of nitrogens with zero attached hydrogens (tertiary/aromatic N) is 2. The number of aromatic amines is 1. The van der Waals surface area contributed by atoms with Crippen LogP contribution in [0.15, 0.2) is 0 Å². The minimum atomic E-state index is -0.214. The largest absolute Gasteiger partial charge is 0.373 e. The summed E-state index contributed by atoms with van der Waals surface area (Å²) in [5, 5.41) is 9.70. The third-order valence-electron chi connectivity index (χ3n) is 4.31. The van der Waals surface area contributed by atoms with E-state index in [-0.39, 0.29) is 5.60 Å². The van der Waals surface area contributed by atoms with Crippen molar-refractivity contribution in [2.24, 2.45) is 0 Å². The molecule has 1 fully saturated rings. The normalized spacial score (nSPS) is 20.8. The number of nitriles is 1. The van der Waals surface area contributed by atoms with Crippen LogP contribution in [-0.2, 0) is 22.5 Å². The monoisotopic (exact) mass is 288 g/mol. The molecule has 5 heteroatoms. The van der Waals surface area contributed by atoms with Gasteiger partial charge in [0.2, 0.25) is 0 Å². The molecule has 0 radical (unpaired) electrons. The van der Waals surface area contributed by atoms with E-state index in [1.807, 2.05) is 0 Å². The van der Waals surface area contributed by atoms with Crippen LogP contribution in [0.25, 0.3) is 0 Å². The maximum Gasteiger partial charge on any atom is 0.293 e. The van der Waals surface area contributed by atoms with Crippen molar-refractivity contribution in [3.63, 3.8) is 0 Å². The summed E-state index contributed by atoms with van der Waals surface area (Å²) in [6.07, 6.45) is 0.776. The van der Waals surface area contributed by atoms with Crippen molar-refractivity contribution in [1.29, 1.82) is 5.26 Å². The van der Waals surface area contributed by atoms with Gasteiger partial charge in [-0.15, -0.1) is 0 Å². The van der Waals surface area contributed by atoms with Crippen molar-refractivity contribution in [2.45, 2.75) is 39.4 Å². The highest BCUT2D eigenvalue weighted by Crippen LogP contribution is 2.33. The van der Waals surface area contributed by atoms with Crippen LogP contribution >= 0.6 is 0 Å². The van der Waals surface area contributed by atoms with E-state index in [0.717, 1.165) is 47.7 Å². The smallest absolute Gasteiger partial charge is 0.293 e. The molecule has 1 aromatic rings. The van der Waals surface area contributed by atoms with Crippen LogP contribution in [0, 0.1) is 18.3 Å². The summed E-state index contributed by atoms with van der Waals surface area (Å²) in [6, 6.07) is 2.42. The van der Waals surface area contributed by atoms with Gasteiger partial charge >= 0.3 is 0 Å². The first-order chi connectivity index (χ1) is 10.0. The van der Waals surface area contributed by atoms with E-state index in [9.17, 15) is 5.26 Å². The van der Waals surface area contributed by atoms with E-state index in [0.29, 0.717) is 19.8 Å². The Balaban J connectivity index is 2.10. The van der Waals surface area contributed by atoms with E-state index in [2.05, 4.69) is 36.7 Å². The number of rotatable bonds is 1. The van der Waals surface area contributed by atoms with Gasteiger partial charge < -0.3 is 9.47 Å². The molecule has 0 amide bonds. The molecule has 2 aliphatic rings. The van der Waals surface area contributed by atoms with Crippen LogP contribution in [0.2, 0.25) is 0 Å². The summed E-state index contributed by atoms with van der Waals surface area (Å²) in [5.41, 5.74) is 3.94. The molecule has 2 aliphatic heterocycles. The first kappa shape index (κ1) is 14.3. The van der Waals surface area contributed by atoms with Crippen molar-refractivity contribution in [1.82, 2.24) is 0 Å². The molecule has 1 saturated heterocycles. The van der Waals surface area contributed by atoms with Crippen molar-refractivity contribution >= 4 is 5.82 Å². The lowest BCUT2D eigenvalue weighted by atomic mass is 9.88. The Hall–Kier alpha value is -1.64. The van der Waals surface area contributed by atoms with E-state index < -0.39 is 0 Å². The molecule has 0 atom stereocenters. The molecule has 1 N–H and O–H groups in total. The van der Waals surface area contributed by atoms with Gasteiger partial charge in [-0.2, -0.15) is 5.26 Å². The highest BCUT2D eigenvalue weighted by molar-refractivity contribution is 5.58. The Kier molecular flexibility index (Phi) is 3.60. The predicted octanol–water partition coefficient (Wildman–Crippen LogP) is 1.37. The van der Waals surface area contributed by atoms with Gasteiger partial charge in [-0.1, -0.05) is 0 Å². The van der Waals surface area contributed by atoms with E-state index in [1.165, 1.54) is 0 Å². The zero-order valence-corrected chi connectivity index (χ0v) is 13.0. The number of anilines is 1. The Labute approximate surface area is 125 Å². The van der Waals surface area contributed by atoms with Gasteiger partial charge in [0.15, 0.2) is 0 Å². The average Bonchev–Trinajstić information content (AvgIpc) is 2.46. The minimum Gasteiger partial charge on any atom is -0.373 e. The standard InChI is InChI=1S/C16H21N3O2/c1-11-14-10-21-16(2,3)8-12(14)13(9-17)15(18-11)19-4-6-20-7-5-19/h4-8,10H2,1-3H3/p+1. The molecule has 0 bridgehead atoms. The maximum atomic E-state index is 9.70.